The van der Waals surface area contributed by atoms with Crippen LogP contribution in [0.1, 0.15) is 18.5 Å². The Hall–Kier alpha value is -2.34. The van der Waals surface area contributed by atoms with E-state index in [1.54, 1.807) is 0 Å². The molecule has 2 saturated heterocycles. The van der Waals surface area contributed by atoms with Gasteiger partial charge in [0.2, 0.25) is 0 Å². The second-order valence-corrected chi connectivity index (χ2v) is 6.99. The number of carbonyl (C=O) groups is 1. The van der Waals surface area contributed by atoms with Crippen LogP contribution in [0.25, 0.3) is 5.69 Å². The molecule has 0 unspecified atom stereocenters. The third kappa shape index (κ3) is 3.39. The van der Waals surface area contributed by atoms with E-state index in [1.807, 2.05) is 41.0 Å². The molecule has 6 heteroatoms. The smallest absolute Gasteiger partial charge is 0.320 e. The first-order chi connectivity index (χ1) is 12.2. The molecule has 4 rings (SSSR count). The first-order valence-corrected chi connectivity index (χ1v) is 9.05. The van der Waals surface area contributed by atoms with E-state index >= 15 is 0 Å². The van der Waals surface area contributed by atoms with E-state index in [0.29, 0.717) is 6.04 Å². The molecule has 2 aliphatic rings. The Balaban J connectivity index is 1.32. The van der Waals surface area contributed by atoms with Gasteiger partial charge in [-0.1, -0.05) is 18.2 Å². The number of benzene rings is 1. The molecule has 3 heterocycles. The molecule has 0 atom stereocenters. The van der Waals surface area contributed by atoms with Crippen LogP contribution in [0.3, 0.4) is 0 Å². The quantitative estimate of drug-likeness (QED) is 0.858. The van der Waals surface area contributed by atoms with Gasteiger partial charge in [-0.2, -0.15) is 5.10 Å². The molecule has 0 spiro atoms. The SMILES string of the molecule is CN1CCN(C2CCN(Cc3ccn(-c4ccccc4)n3)CC2)C1=O. The van der Waals surface area contributed by atoms with Crippen molar-refractivity contribution in [3.8, 4) is 5.69 Å². The number of likely N-dealkylation sites (tertiary alicyclic amines) is 1. The third-order valence-corrected chi connectivity index (χ3v) is 5.30. The van der Waals surface area contributed by atoms with E-state index in [-0.39, 0.29) is 6.03 Å². The predicted molar refractivity (Wildman–Crippen MR) is 96.6 cm³/mol. The van der Waals surface area contributed by atoms with E-state index in [9.17, 15) is 4.79 Å². The fourth-order valence-corrected chi connectivity index (χ4v) is 3.80. The van der Waals surface area contributed by atoms with Crippen LogP contribution in [0.15, 0.2) is 42.6 Å². The van der Waals surface area contributed by atoms with Gasteiger partial charge in [-0.25, -0.2) is 9.48 Å². The monoisotopic (exact) mass is 339 g/mol. The van der Waals surface area contributed by atoms with Crippen molar-refractivity contribution < 1.29 is 4.79 Å². The highest BCUT2D eigenvalue weighted by atomic mass is 16.2. The Kier molecular flexibility index (Phi) is 4.44. The number of nitrogens with zero attached hydrogens (tertiary/aromatic N) is 5. The maximum atomic E-state index is 12.1. The normalized spacial score (nSPS) is 19.8. The maximum Gasteiger partial charge on any atom is 0.320 e. The molecule has 1 aromatic carbocycles. The lowest BCUT2D eigenvalue weighted by molar-refractivity contribution is 0.127. The van der Waals surface area contributed by atoms with Gasteiger partial charge in [0.05, 0.1) is 11.4 Å². The molecule has 0 radical (unpaired) electrons. The number of para-hydroxylation sites is 1. The lowest BCUT2D eigenvalue weighted by Crippen LogP contribution is -2.46. The van der Waals surface area contributed by atoms with Crippen molar-refractivity contribution in [3.63, 3.8) is 0 Å². The Bertz CT molecular complexity index is 720. The molecule has 0 N–H and O–H groups in total. The lowest BCUT2D eigenvalue weighted by atomic mass is 10.0. The number of hydrogen-bond donors (Lipinski definition) is 0. The summed E-state index contributed by atoms with van der Waals surface area (Å²) in [6.07, 6.45) is 4.13. The molecule has 2 aliphatic heterocycles. The van der Waals surface area contributed by atoms with Crippen LogP contribution in [0.2, 0.25) is 0 Å². The van der Waals surface area contributed by atoms with Gasteiger partial charge in [-0.3, -0.25) is 4.90 Å². The van der Waals surface area contributed by atoms with Crippen LogP contribution in [0.4, 0.5) is 4.79 Å². The van der Waals surface area contributed by atoms with Crippen LogP contribution in [0, 0.1) is 0 Å². The van der Waals surface area contributed by atoms with E-state index in [0.717, 1.165) is 56.9 Å². The minimum atomic E-state index is 0.194. The average molecular weight is 339 g/mol. The van der Waals surface area contributed by atoms with Gasteiger partial charge in [-0.15, -0.1) is 0 Å². The molecule has 1 aromatic heterocycles. The number of rotatable bonds is 4. The molecular formula is C19H25N5O. The number of likely N-dealkylation sites (N-methyl/N-ethyl adjacent to an activating group) is 1. The fourth-order valence-electron chi connectivity index (χ4n) is 3.80. The van der Waals surface area contributed by atoms with Gasteiger partial charge in [0, 0.05) is 52.0 Å². The molecular weight excluding hydrogens is 314 g/mol. The van der Waals surface area contributed by atoms with E-state index in [4.69, 9.17) is 5.10 Å². The highest BCUT2D eigenvalue weighted by Crippen LogP contribution is 2.21. The molecule has 2 fully saturated rings. The first-order valence-electron chi connectivity index (χ1n) is 9.05. The lowest BCUT2D eigenvalue weighted by Gasteiger charge is -2.36. The molecule has 25 heavy (non-hydrogen) atoms. The van der Waals surface area contributed by atoms with Gasteiger partial charge in [0.1, 0.15) is 0 Å². The summed E-state index contributed by atoms with van der Waals surface area (Å²) >= 11 is 0. The summed E-state index contributed by atoms with van der Waals surface area (Å²) < 4.78 is 1.93. The number of aromatic nitrogens is 2. The third-order valence-electron chi connectivity index (χ3n) is 5.30. The first kappa shape index (κ1) is 16.1. The zero-order chi connectivity index (χ0) is 17.2. The Morgan fingerprint density at radius 1 is 1.04 bits per heavy atom. The minimum absolute atomic E-state index is 0.194. The average Bonchev–Trinajstić information content (AvgIpc) is 3.24. The summed E-state index contributed by atoms with van der Waals surface area (Å²) in [4.78, 5) is 18.5. The molecule has 2 aromatic rings. The van der Waals surface area contributed by atoms with E-state index < -0.39 is 0 Å². The number of amides is 2. The molecule has 0 bridgehead atoms. The fraction of sp³-hybridized carbons (Fsp3) is 0.474. The zero-order valence-corrected chi connectivity index (χ0v) is 14.7. The van der Waals surface area contributed by atoms with Crippen molar-refractivity contribution in [3.05, 3.63) is 48.3 Å². The van der Waals surface area contributed by atoms with Crippen molar-refractivity contribution in [1.29, 1.82) is 0 Å². The zero-order valence-electron chi connectivity index (χ0n) is 14.7. The van der Waals surface area contributed by atoms with Crippen molar-refractivity contribution in [2.24, 2.45) is 0 Å². The largest absolute Gasteiger partial charge is 0.326 e. The number of piperidine rings is 1. The highest BCUT2D eigenvalue weighted by Gasteiger charge is 2.33. The van der Waals surface area contributed by atoms with Crippen molar-refractivity contribution >= 4 is 6.03 Å². The molecule has 132 valence electrons. The summed E-state index contributed by atoms with van der Waals surface area (Å²) in [7, 11) is 1.89. The predicted octanol–water partition coefficient (Wildman–Crippen LogP) is 2.20. The van der Waals surface area contributed by atoms with Crippen molar-refractivity contribution in [2.45, 2.75) is 25.4 Å². The van der Waals surface area contributed by atoms with Crippen LogP contribution in [0.5, 0.6) is 0 Å². The van der Waals surface area contributed by atoms with Crippen LogP contribution in [-0.2, 0) is 6.54 Å². The standard InChI is InChI=1S/C19H25N5O/c1-21-13-14-23(19(21)25)17-8-10-22(11-9-17)15-16-7-12-24(20-16)18-5-3-2-4-6-18/h2-7,12,17H,8-11,13-15H2,1H3. The second kappa shape index (κ2) is 6.88. The summed E-state index contributed by atoms with van der Waals surface area (Å²) in [5.41, 5.74) is 2.18. The Morgan fingerprint density at radius 3 is 2.48 bits per heavy atom. The summed E-state index contributed by atoms with van der Waals surface area (Å²) in [5.74, 6) is 0. The second-order valence-electron chi connectivity index (χ2n) is 6.99. The Morgan fingerprint density at radius 2 is 1.80 bits per heavy atom. The van der Waals surface area contributed by atoms with Crippen LogP contribution < -0.4 is 0 Å². The maximum absolute atomic E-state index is 12.1. The van der Waals surface area contributed by atoms with Crippen LogP contribution in [-0.4, -0.2) is 69.8 Å². The van der Waals surface area contributed by atoms with Gasteiger partial charge in [0.25, 0.3) is 0 Å². The highest BCUT2D eigenvalue weighted by molar-refractivity contribution is 5.76. The minimum Gasteiger partial charge on any atom is -0.326 e. The molecule has 2 amide bonds. The summed E-state index contributed by atoms with van der Waals surface area (Å²) in [5, 5.41) is 4.70. The number of urea groups is 1. The molecule has 0 saturated carbocycles. The van der Waals surface area contributed by atoms with Crippen molar-refractivity contribution in [2.75, 3.05) is 33.2 Å². The van der Waals surface area contributed by atoms with Gasteiger partial charge in [0.15, 0.2) is 0 Å². The Labute approximate surface area is 148 Å². The topological polar surface area (TPSA) is 44.6 Å². The van der Waals surface area contributed by atoms with Gasteiger partial charge >= 0.3 is 6.03 Å². The van der Waals surface area contributed by atoms with Gasteiger partial charge in [-0.05, 0) is 31.0 Å². The number of hydrogen-bond acceptors (Lipinski definition) is 3. The van der Waals surface area contributed by atoms with Crippen LogP contribution >= 0.6 is 0 Å². The summed E-state index contributed by atoms with van der Waals surface area (Å²) in [6.45, 7) is 4.66. The number of carbonyl (C=O) groups excluding carboxylic acids is 1. The van der Waals surface area contributed by atoms with Crippen molar-refractivity contribution in [1.82, 2.24) is 24.5 Å². The van der Waals surface area contributed by atoms with E-state index in [1.165, 1.54) is 0 Å². The summed E-state index contributed by atoms with van der Waals surface area (Å²) in [6, 6.07) is 12.9. The van der Waals surface area contributed by atoms with Gasteiger partial charge < -0.3 is 9.80 Å². The van der Waals surface area contributed by atoms with E-state index in [2.05, 4.69) is 28.0 Å². The molecule has 6 nitrogen and oxygen atoms in total. The molecule has 0 aliphatic carbocycles.